The Morgan fingerprint density at radius 2 is 1.85 bits per heavy atom. The van der Waals surface area contributed by atoms with Crippen LogP contribution in [0.3, 0.4) is 0 Å². The molecule has 0 unspecified atom stereocenters. The Labute approximate surface area is 84.1 Å². The van der Waals surface area contributed by atoms with Gasteiger partial charge in [0.05, 0.1) is 5.54 Å². The van der Waals surface area contributed by atoms with Gasteiger partial charge in [-0.25, -0.2) is 0 Å². The van der Waals surface area contributed by atoms with E-state index < -0.39 is 8.07 Å². The molecular weight excluding hydrogens is 174 g/mol. The maximum Gasteiger partial charge on any atom is 0.129 e. The second-order valence-corrected chi connectivity index (χ2v) is 9.77. The van der Waals surface area contributed by atoms with Gasteiger partial charge >= 0.3 is 0 Å². The van der Waals surface area contributed by atoms with Gasteiger partial charge in [-0.15, -0.1) is 5.54 Å². The second-order valence-electron chi connectivity index (χ2n) is 5.02. The Bertz CT molecular complexity index is 202. The van der Waals surface area contributed by atoms with E-state index in [-0.39, 0.29) is 5.54 Å². The summed E-state index contributed by atoms with van der Waals surface area (Å²) in [7, 11) is -1.25. The zero-order valence-corrected chi connectivity index (χ0v) is 10.7. The summed E-state index contributed by atoms with van der Waals surface area (Å²) in [6, 6.07) is 0. The molecule has 0 radical (unpaired) electrons. The zero-order chi connectivity index (χ0) is 10.5. The maximum atomic E-state index is 6.06. The van der Waals surface area contributed by atoms with Gasteiger partial charge in [-0.1, -0.05) is 45.3 Å². The lowest BCUT2D eigenvalue weighted by atomic mass is 9.98. The number of unbranched alkanes of at least 4 members (excludes halogenated alkanes) is 1. The van der Waals surface area contributed by atoms with Crippen molar-refractivity contribution in [1.29, 1.82) is 0 Å². The first kappa shape index (κ1) is 12.7. The minimum atomic E-state index is -1.25. The number of rotatable bonds is 3. The molecule has 0 bridgehead atoms. The van der Waals surface area contributed by atoms with Crippen molar-refractivity contribution in [2.24, 2.45) is 5.73 Å². The summed E-state index contributed by atoms with van der Waals surface area (Å²) >= 11 is 0. The molecule has 0 aromatic carbocycles. The van der Waals surface area contributed by atoms with Gasteiger partial charge in [0.15, 0.2) is 0 Å². The first-order valence-electron chi connectivity index (χ1n) is 5.10. The van der Waals surface area contributed by atoms with Crippen LogP contribution < -0.4 is 5.73 Å². The van der Waals surface area contributed by atoms with E-state index in [9.17, 15) is 0 Å². The van der Waals surface area contributed by atoms with E-state index in [4.69, 9.17) is 5.73 Å². The largest absolute Gasteiger partial charge is 0.315 e. The van der Waals surface area contributed by atoms with Gasteiger partial charge in [-0.3, -0.25) is 0 Å². The fourth-order valence-corrected chi connectivity index (χ4v) is 1.60. The van der Waals surface area contributed by atoms with Gasteiger partial charge < -0.3 is 5.73 Å². The fraction of sp³-hybridized carbons (Fsp3) is 0.818. The molecule has 0 rings (SSSR count). The molecular formula is C11H23NSi. The van der Waals surface area contributed by atoms with Crippen LogP contribution in [0.4, 0.5) is 0 Å². The van der Waals surface area contributed by atoms with Crippen LogP contribution in [-0.2, 0) is 0 Å². The third kappa shape index (κ3) is 8.08. The highest BCUT2D eigenvalue weighted by Crippen LogP contribution is 2.09. The van der Waals surface area contributed by atoms with E-state index in [2.05, 4.69) is 38.0 Å². The molecule has 0 aliphatic rings. The highest BCUT2D eigenvalue weighted by atomic mass is 28.3. The molecule has 0 aromatic heterocycles. The lowest BCUT2D eigenvalue weighted by molar-refractivity contribution is 0.523. The Morgan fingerprint density at radius 3 is 2.23 bits per heavy atom. The average molecular weight is 197 g/mol. The van der Waals surface area contributed by atoms with Crippen LogP contribution in [0, 0.1) is 11.5 Å². The molecule has 0 aromatic rings. The molecule has 0 aliphatic carbocycles. The number of hydrogen-bond donors (Lipinski definition) is 1. The Balaban J connectivity index is 4.20. The molecule has 76 valence electrons. The minimum Gasteiger partial charge on any atom is -0.315 e. The Morgan fingerprint density at radius 1 is 1.31 bits per heavy atom. The standard InChI is InChI=1S/C11H23NSi/c1-6-7-8-11(2,12)9-10-13(3,4)5/h6-8,12H2,1-5H3/t11-/m0/s1. The van der Waals surface area contributed by atoms with Gasteiger partial charge in [-0.05, 0) is 13.3 Å². The van der Waals surface area contributed by atoms with Crippen molar-refractivity contribution in [3.8, 4) is 11.5 Å². The van der Waals surface area contributed by atoms with Crippen LogP contribution in [-0.4, -0.2) is 13.6 Å². The molecule has 13 heavy (non-hydrogen) atoms. The van der Waals surface area contributed by atoms with E-state index >= 15 is 0 Å². The van der Waals surface area contributed by atoms with Crippen molar-refractivity contribution < 1.29 is 0 Å². The fourth-order valence-electron chi connectivity index (χ4n) is 0.937. The predicted molar refractivity (Wildman–Crippen MR) is 63.2 cm³/mol. The van der Waals surface area contributed by atoms with Crippen LogP contribution in [0.25, 0.3) is 0 Å². The first-order valence-corrected chi connectivity index (χ1v) is 8.60. The van der Waals surface area contributed by atoms with Gasteiger partial charge in [0.2, 0.25) is 0 Å². The summed E-state index contributed by atoms with van der Waals surface area (Å²) < 4.78 is 0. The van der Waals surface area contributed by atoms with E-state index in [0.717, 1.165) is 6.42 Å². The SMILES string of the molecule is CCCC[C@](C)(N)C#C[Si](C)(C)C. The molecule has 1 nitrogen and oxygen atoms in total. The lowest BCUT2D eigenvalue weighted by Gasteiger charge is -2.18. The Hall–Kier alpha value is -0.263. The first-order chi connectivity index (χ1) is 5.77. The summed E-state index contributed by atoms with van der Waals surface area (Å²) in [5.74, 6) is 3.22. The quantitative estimate of drug-likeness (QED) is 0.546. The molecule has 0 aliphatic heterocycles. The molecule has 0 saturated carbocycles. The number of hydrogen-bond acceptors (Lipinski definition) is 1. The predicted octanol–water partition coefficient (Wildman–Crippen LogP) is 2.77. The molecule has 0 fully saturated rings. The highest BCUT2D eigenvalue weighted by molar-refractivity contribution is 6.83. The van der Waals surface area contributed by atoms with Crippen molar-refractivity contribution in [3.63, 3.8) is 0 Å². The van der Waals surface area contributed by atoms with Crippen LogP contribution in [0.2, 0.25) is 19.6 Å². The summed E-state index contributed by atoms with van der Waals surface area (Å²) in [5.41, 5.74) is 9.13. The van der Waals surface area contributed by atoms with Gasteiger partial charge in [-0.2, -0.15) is 0 Å². The second kappa shape index (κ2) is 4.83. The van der Waals surface area contributed by atoms with Gasteiger partial charge in [0, 0.05) is 0 Å². The summed E-state index contributed by atoms with van der Waals surface area (Å²) in [6.07, 6.45) is 3.38. The molecule has 2 heteroatoms. The molecule has 1 atom stereocenters. The Kier molecular flexibility index (Phi) is 4.73. The van der Waals surface area contributed by atoms with Crippen LogP contribution in [0.5, 0.6) is 0 Å². The zero-order valence-electron chi connectivity index (χ0n) is 9.70. The van der Waals surface area contributed by atoms with Crippen molar-refractivity contribution in [2.45, 2.75) is 58.3 Å². The van der Waals surface area contributed by atoms with Crippen molar-refractivity contribution >= 4 is 8.07 Å². The van der Waals surface area contributed by atoms with Gasteiger partial charge in [0.1, 0.15) is 8.07 Å². The van der Waals surface area contributed by atoms with E-state index in [1.54, 1.807) is 0 Å². The van der Waals surface area contributed by atoms with Crippen LogP contribution in [0.1, 0.15) is 33.1 Å². The van der Waals surface area contributed by atoms with Crippen molar-refractivity contribution in [1.82, 2.24) is 0 Å². The number of nitrogens with two attached hydrogens (primary N) is 1. The third-order valence-corrected chi connectivity index (χ3v) is 2.65. The summed E-state index contributed by atoms with van der Waals surface area (Å²) in [5, 5.41) is 0. The van der Waals surface area contributed by atoms with E-state index in [1.807, 2.05) is 6.92 Å². The van der Waals surface area contributed by atoms with E-state index in [0.29, 0.717) is 0 Å². The van der Waals surface area contributed by atoms with Crippen molar-refractivity contribution in [3.05, 3.63) is 0 Å². The topological polar surface area (TPSA) is 26.0 Å². The van der Waals surface area contributed by atoms with Crippen LogP contribution >= 0.6 is 0 Å². The minimum absolute atomic E-state index is 0.268. The van der Waals surface area contributed by atoms with Crippen molar-refractivity contribution in [2.75, 3.05) is 0 Å². The third-order valence-electron chi connectivity index (χ3n) is 1.77. The molecule has 0 saturated heterocycles. The molecule has 0 spiro atoms. The monoisotopic (exact) mass is 197 g/mol. The highest BCUT2D eigenvalue weighted by Gasteiger charge is 2.15. The smallest absolute Gasteiger partial charge is 0.129 e. The molecule has 0 amide bonds. The average Bonchev–Trinajstić information content (AvgIpc) is 1.97. The lowest BCUT2D eigenvalue weighted by Crippen LogP contribution is -2.35. The van der Waals surface area contributed by atoms with Gasteiger partial charge in [0.25, 0.3) is 0 Å². The normalized spacial score (nSPS) is 15.8. The van der Waals surface area contributed by atoms with E-state index in [1.165, 1.54) is 12.8 Å². The van der Waals surface area contributed by atoms with Crippen LogP contribution in [0.15, 0.2) is 0 Å². The molecule has 0 heterocycles. The summed E-state index contributed by atoms with van der Waals surface area (Å²) in [4.78, 5) is 0. The summed E-state index contributed by atoms with van der Waals surface area (Å²) in [6.45, 7) is 11.0. The molecule has 2 N–H and O–H groups in total. The maximum absolute atomic E-state index is 6.06.